The first-order chi connectivity index (χ1) is 8.86. The molecule has 0 aliphatic carbocycles. The van der Waals surface area contributed by atoms with E-state index in [1.807, 2.05) is 24.3 Å². The molecule has 1 aliphatic rings. The van der Waals surface area contributed by atoms with E-state index in [9.17, 15) is 0 Å². The zero-order valence-corrected chi connectivity index (χ0v) is 12.0. The molecule has 0 bridgehead atoms. The predicted molar refractivity (Wildman–Crippen MR) is 73.8 cm³/mol. The van der Waals surface area contributed by atoms with Crippen LogP contribution in [0.5, 0.6) is 5.75 Å². The van der Waals surface area contributed by atoms with Crippen LogP contribution in [-0.4, -0.2) is 26.1 Å². The summed E-state index contributed by atoms with van der Waals surface area (Å²) in [6.07, 6.45) is 4.26. The van der Waals surface area contributed by atoms with E-state index in [-0.39, 0.29) is 6.29 Å². The van der Waals surface area contributed by atoms with Crippen LogP contribution in [0.1, 0.15) is 25.7 Å². The van der Waals surface area contributed by atoms with E-state index in [2.05, 4.69) is 15.9 Å². The van der Waals surface area contributed by atoms with Crippen LogP contribution >= 0.6 is 15.9 Å². The summed E-state index contributed by atoms with van der Waals surface area (Å²) in [5, 5.41) is 0. The van der Waals surface area contributed by atoms with Crippen LogP contribution in [0, 0.1) is 0 Å². The molecule has 18 heavy (non-hydrogen) atoms. The van der Waals surface area contributed by atoms with Gasteiger partial charge in [0.25, 0.3) is 0 Å². The largest absolute Gasteiger partial charge is 0.492 e. The Morgan fingerprint density at radius 2 is 2.11 bits per heavy atom. The lowest BCUT2D eigenvalue weighted by Crippen LogP contribution is -2.23. The van der Waals surface area contributed by atoms with Gasteiger partial charge in [0.15, 0.2) is 6.29 Å². The molecule has 1 aromatic rings. The molecule has 0 aromatic heterocycles. The normalized spacial score (nSPS) is 19.7. The van der Waals surface area contributed by atoms with Crippen molar-refractivity contribution in [3.8, 4) is 5.75 Å². The van der Waals surface area contributed by atoms with E-state index in [4.69, 9.17) is 14.2 Å². The van der Waals surface area contributed by atoms with Crippen LogP contribution in [0.4, 0.5) is 0 Å². The Hall–Kier alpha value is -0.580. The fraction of sp³-hybridized carbons (Fsp3) is 0.571. The molecule has 1 aromatic carbocycles. The Kier molecular flexibility index (Phi) is 5.97. The highest BCUT2D eigenvalue weighted by Gasteiger charge is 2.13. The van der Waals surface area contributed by atoms with Gasteiger partial charge in [0.05, 0.1) is 17.7 Å². The van der Waals surface area contributed by atoms with E-state index in [1.165, 1.54) is 6.42 Å². The summed E-state index contributed by atoms with van der Waals surface area (Å²) >= 11 is 3.45. The smallest absolute Gasteiger partial charge is 0.157 e. The summed E-state index contributed by atoms with van der Waals surface area (Å²) in [5.41, 5.74) is 0. The van der Waals surface area contributed by atoms with E-state index < -0.39 is 0 Å². The summed E-state index contributed by atoms with van der Waals surface area (Å²) in [6, 6.07) is 7.86. The van der Waals surface area contributed by atoms with Gasteiger partial charge in [0.2, 0.25) is 0 Å². The Labute approximate surface area is 117 Å². The Morgan fingerprint density at radius 1 is 1.22 bits per heavy atom. The summed E-state index contributed by atoms with van der Waals surface area (Å²) in [7, 11) is 0. The molecule has 4 heteroatoms. The predicted octanol–water partition coefficient (Wildman–Crippen LogP) is 3.76. The second kappa shape index (κ2) is 7.77. The van der Waals surface area contributed by atoms with Crippen molar-refractivity contribution in [2.45, 2.75) is 32.0 Å². The fourth-order valence-corrected chi connectivity index (χ4v) is 2.26. The molecule has 100 valence electrons. The summed E-state index contributed by atoms with van der Waals surface area (Å²) in [5.74, 6) is 0.881. The van der Waals surface area contributed by atoms with Gasteiger partial charge in [-0.3, -0.25) is 0 Å². The molecular weight excluding hydrogens is 296 g/mol. The maximum Gasteiger partial charge on any atom is 0.157 e. The van der Waals surface area contributed by atoms with Gasteiger partial charge in [-0.05, 0) is 47.3 Å². The fourth-order valence-electron chi connectivity index (χ4n) is 1.86. The molecular formula is C14H19BrO3. The Bertz CT molecular complexity index is 351. The van der Waals surface area contributed by atoms with E-state index in [1.54, 1.807) is 0 Å². The molecule has 1 heterocycles. The van der Waals surface area contributed by atoms with Gasteiger partial charge in [0, 0.05) is 13.0 Å². The van der Waals surface area contributed by atoms with Crippen molar-refractivity contribution in [3.63, 3.8) is 0 Å². The Balaban J connectivity index is 1.57. The van der Waals surface area contributed by atoms with Gasteiger partial charge >= 0.3 is 0 Å². The molecule has 2 rings (SSSR count). The van der Waals surface area contributed by atoms with Crippen molar-refractivity contribution < 1.29 is 14.2 Å². The first-order valence-corrected chi connectivity index (χ1v) is 7.26. The van der Waals surface area contributed by atoms with Crippen molar-refractivity contribution in [3.05, 3.63) is 28.7 Å². The quantitative estimate of drug-likeness (QED) is 0.748. The highest BCUT2D eigenvalue weighted by atomic mass is 79.9. The third kappa shape index (κ3) is 4.59. The number of para-hydroxylation sites is 1. The summed E-state index contributed by atoms with van der Waals surface area (Å²) in [4.78, 5) is 0. The number of hydrogen-bond donors (Lipinski definition) is 0. The lowest BCUT2D eigenvalue weighted by atomic mass is 10.2. The van der Waals surface area contributed by atoms with Crippen LogP contribution in [0.15, 0.2) is 28.7 Å². The van der Waals surface area contributed by atoms with Gasteiger partial charge in [-0.15, -0.1) is 0 Å². The van der Waals surface area contributed by atoms with Crippen LogP contribution in [0.25, 0.3) is 0 Å². The van der Waals surface area contributed by atoms with Crippen molar-refractivity contribution in [2.75, 3.05) is 19.8 Å². The topological polar surface area (TPSA) is 27.7 Å². The minimum Gasteiger partial charge on any atom is -0.492 e. The molecule has 1 atom stereocenters. The highest BCUT2D eigenvalue weighted by molar-refractivity contribution is 9.10. The standard InChI is InChI=1S/C14H19BrO3/c15-12-6-1-2-7-13(12)16-10-5-11-18-14-8-3-4-9-17-14/h1-2,6-7,14H,3-5,8-11H2. The minimum absolute atomic E-state index is 0.00205. The number of hydrogen-bond acceptors (Lipinski definition) is 3. The van der Waals surface area contributed by atoms with Crippen molar-refractivity contribution in [1.82, 2.24) is 0 Å². The van der Waals surface area contributed by atoms with Crippen LogP contribution in [0.2, 0.25) is 0 Å². The van der Waals surface area contributed by atoms with Crippen molar-refractivity contribution in [2.24, 2.45) is 0 Å². The van der Waals surface area contributed by atoms with Gasteiger partial charge in [-0.2, -0.15) is 0 Å². The zero-order valence-electron chi connectivity index (χ0n) is 10.4. The number of ether oxygens (including phenoxy) is 3. The minimum atomic E-state index is 0.00205. The number of rotatable bonds is 6. The SMILES string of the molecule is Brc1ccccc1OCCCOC1CCCCO1. The molecule has 3 nitrogen and oxygen atoms in total. The zero-order chi connectivity index (χ0) is 12.6. The second-order valence-corrected chi connectivity index (χ2v) is 5.15. The Morgan fingerprint density at radius 3 is 2.89 bits per heavy atom. The molecule has 1 saturated heterocycles. The maximum atomic E-state index is 5.66. The first kappa shape index (κ1) is 13.8. The molecule has 0 spiro atoms. The molecule has 0 saturated carbocycles. The second-order valence-electron chi connectivity index (χ2n) is 4.30. The molecule has 1 unspecified atom stereocenters. The van der Waals surface area contributed by atoms with Crippen LogP contribution in [-0.2, 0) is 9.47 Å². The third-order valence-electron chi connectivity index (χ3n) is 2.82. The maximum absolute atomic E-state index is 5.66. The third-order valence-corrected chi connectivity index (χ3v) is 3.48. The lowest BCUT2D eigenvalue weighted by Gasteiger charge is -2.22. The molecule has 0 N–H and O–H groups in total. The molecule has 1 fully saturated rings. The average molecular weight is 315 g/mol. The van der Waals surface area contributed by atoms with E-state index >= 15 is 0 Å². The summed E-state index contributed by atoms with van der Waals surface area (Å²) < 4.78 is 17.8. The van der Waals surface area contributed by atoms with Gasteiger partial charge < -0.3 is 14.2 Å². The van der Waals surface area contributed by atoms with Gasteiger partial charge in [-0.1, -0.05) is 12.1 Å². The molecule has 0 amide bonds. The molecule has 0 radical (unpaired) electrons. The summed E-state index contributed by atoms with van der Waals surface area (Å²) in [6.45, 7) is 2.18. The van der Waals surface area contributed by atoms with Crippen molar-refractivity contribution >= 4 is 15.9 Å². The van der Waals surface area contributed by atoms with Crippen molar-refractivity contribution in [1.29, 1.82) is 0 Å². The number of halogens is 1. The average Bonchev–Trinajstić information content (AvgIpc) is 2.42. The monoisotopic (exact) mass is 314 g/mol. The van der Waals surface area contributed by atoms with E-state index in [0.29, 0.717) is 13.2 Å². The number of benzene rings is 1. The first-order valence-electron chi connectivity index (χ1n) is 6.47. The van der Waals surface area contributed by atoms with Crippen LogP contribution in [0.3, 0.4) is 0 Å². The van der Waals surface area contributed by atoms with Gasteiger partial charge in [-0.25, -0.2) is 0 Å². The highest BCUT2D eigenvalue weighted by Crippen LogP contribution is 2.23. The lowest BCUT2D eigenvalue weighted by molar-refractivity contribution is -0.163. The van der Waals surface area contributed by atoms with E-state index in [0.717, 1.165) is 36.1 Å². The van der Waals surface area contributed by atoms with Crippen LogP contribution < -0.4 is 4.74 Å². The van der Waals surface area contributed by atoms with Gasteiger partial charge in [0.1, 0.15) is 5.75 Å². The molecule has 1 aliphatic heterocycles.